The molecule has 0 saturated heterocycles. The van der Waals surface area contributed by atoms with Gasteiger partial charge in [0, 0.05) is 18.5 Å². The fourth-order valence-electron chi connectivity index (χ4n) is 3.43. The summed E-state index contributed by atoms with van der Waals surface area (Å²) in [4.78, 5) is 11.8. The lowest BCUT2D eigenvalue weighted by atomic mass is 9.82. The number of hydrogen-bond donors (Lipinski definition) is 2. The topological polar surface area (TPSA) is 55.1 Å². The van der Waals surface area contributed by atoms with Gasteiger partial charge in [0.1, 0.15) is 0 Å². The summed E-state index contributed by atoms with van der Waals surface area (Å²) in [6.45, 7) is 0.677. The fraction of sp³-hybridized carbons (Fsp3) is 0.933. The summed E-state index contributed by atoms with van der Waals surface area (Å²) in [7, 11) is 0. The molecule has 0 radical (unpaired) electrons. The summed E-state index contributed by atoms with van der Waals surface area (Å²) in [6, 6.07) is 0. The van der Waals surface area contributed by atoms with E-state index in [9.17, 15) is 4.79 Å². The Hall–Kier alpha value is -0.570. The van der Waals surface area contributed by atoms with Crippen LogP contribution in [0.1, 0.15) is 70.6 Å². The Bertz CT molecular complexity index is 266. The van der Waals surface area contributed by atoms with Crippen molar-refractivity contribution in [3.05, 3.63) is 0 Å². The number of carbonyl (C=O) groups is 1. The maximum absolute atomic E-state index is 11.8. The molecule has 0 aromatic carbocycles. The summed E-state index contributed by atoms with van der Waals surface area (Å²) in [5.41, 5.74) is 6.19. The fourth-order valence-corrected chi connectivity index (χ4v) is 3.43. The van der Waals surface area contributed by atoms with Crippen molar-refractivity contribution in [1.82, 2.24) is 5.32 Å². The molecule has 3 nitrogen and oxygen atoms in total. The second-order valence-electron chi connectivity index (χ2n) is 6.39. The first-order valence-corrected chi connectivity index (χ1v) is 7.74. The lowest BCUT2D eigenvalue weighted by Crippen LogP contribution is -2.51. The number of carbonyl (C=O) groups excluding carboxylic acids is 1. The van der Waals surface area contributed by atoms with E-state index in [-0.39, 0.29) is 11.4 Å². The molecular weight excluding hydrogens is 224 g/mol. The third-order valence-electron chi connectivity index (χ3n) is 4.74. The van der Waals surface area contributed by atoms with E-state index < -0.39 is 0 Å². The predicted molar refractivity (Wildman–Crippen MR) is 74.2 cm³/mol. The molecule has 0 aromatic heterocycles. The maximum Gasteiger partial charge on any atom is 0.220 e. The van der Waals surface area contributed by atoms with E-state index in [1.165, 1.54) is 44.9 Å². The molecule has 2 aliphatic rings. The molecule has 0 bridgehead atoms. The monoisotopic (exact) mass is 252 g/mol. The molecule has 0 atom stereocenters. The van der Waals surface area contributed by atoms with Crippen LogP contribution in [0.5, 0.6) is 0 Å². The van der Waals surface area contributed by atoms with Crippen molar-refractivity contribution in [2.24, 2.45) is 11.7 Å². The second-order valence-corrected chi connectivity index (χ2v) is 6.39. The van der Waals surface area contributed by atoms with Gasteiger partial charge in [-0.25, -0.2) is 0 Å². The lowest BCUT2D eigenvalue weighted by molar-refractivity contribution is -0.121. The quantitative estimate of drug-likeness (QED) is 0.790. The highest BCUT2D eigenvalue weighted by Gasteiger charge is 2.27. The van der Waals surface area contributed by atoms with Gasteiger partial charge in [0.15, 0.2) is 0 Å². The van der Waals surface area contributed by atoms with Gasteiger partial charge in [-0.1, -0.05) is 44.9 Å². The first-order valence-electron chi connectivity index (χ1n) is 7.74. The number of nitrogens with two attached hydrogens (primary N) is 1. The van der Waals surface area contributed by atoms with Gasteiger partial charge in [-0.05, 0) is 25.2 Å². The van der Waals surface area contributed by atoms with Gasteiger partial charge in [-0.15, -0.1) is 0 Å². The summed E-state index contributed by atoms with van der Waals surface area (Å²) in [6.07, 6.45) is 13.0. The summed E-state index contributed by atoms with van der Waals surface area (Å²) in [5.74, 6) is 1.01. The third-order valence-corrected chi connectivity index (χ3v) is 4.74. The van der Waals surface area contributed by atoms with Crippen molar-refractivity contribution < 1.29 is 4.79 Å². The van der Waals surface area contributed by atoms with Crippen LogP contribution in [-0.4, -0.2) is 18.0 Å². The number of hydrogen-bond acceptors (Lipinski definition) is 2. The molecular formula is C15H28N2O. The summed E-state index contributed by atoms with van der Waals surface area (Å²) in [5, 5.41) is 3.05. The number of rotatable bonds is 5. The SMILES string of the molecule is NC1(CNC(=O)CCC2CCCC2)CCCCC1. The van der Waals surface area contributed by atoms with E-state index in [1.54, 1.807) is 0 Å². The molecule has 2 aliphatic carbocycles. The highest BCUT2D eigenvalue weighted by atomic mass is 16.1. The molecule has 2 saturated carbocycles. The van der Waals surface area contributed by atoms with Crippen LogP contribution in [0.25, 0.3) is 0 Å². The Balaban J connectivity index is 1.61. The van der Waals surface area contributed by atoms with Crippen LogP contribution in [0.3, 0.4) is 0 Å². The van der Waals surface area contributed by atoms with Crippen molar-refractivity contribution in [3.63, 3.8) is 0 Å². The molecule has 2 fully saturated rings. The number of amides is 1. The van der Waals surface area contributed by atoms with E-state index >= 15 is 0 Å². The van der Waals surface area contributed by atoms with Crippen molar-refractivity contribution in [2.45, 2.75) is 76.2 Å². The Morgan fingerprint density at radius 3 is 2.44 bits per heavy atom. The van der Waals surface area contributed by atoms with Crippen LogP contribution in [0, 0.1) is 5.92 Å². The second kappa shape index (κ2) is 6.55. The van der Waals surface area contributed by atoms with Crippen LogP contribution >= 0.6 is 0 Å². The van der Waals surface area contributed by atoms with E-state index in [0.29, 0.717) is 13.0 Å². The Labute approximate surface area is 111 Å². The van der Waals surface area contributed by atoms with E-state index in [0.717, 1.165) is 25.2 Å². The summed E-state index contributed by atoms with van der Waals surface area (Å²) >= 11 is 0. The van der Waals surface area contributed by atoms with E-state index in [2.05, 4.69) is 5.32 Å². The van der Waals surface area contributed by atoms with Gasteiger partial charge in [0.05, 0.1) is 0 Å². The summed E-state index contributed by atoms with van der Waals surface area (Å²) < 4.78 is 0. The zero-order chi connectivity index (χ0) is 12.8. The van der Waals surface area contributed by atoms with E-state index in [4.69, 9.17) is 5.73 Å². The van der Waals surface area contributed by atoms with Gasteiger partial charge in [-0.2, -0.15) is 0 Å². The van der Waals surface area contributed by atoms with Gasteiger partial charge in [0.2, 0.25) is 5.91 Å². The van der Waals surface area contributed by atoms with E-state index in [1.807, 2.05) is 0 Å². The molecule has 18 heavy (non-hydrogen) atoms. The average molecular weight is 252 g/mol. The first-order chi connectivity index (χ1) is 8.68. The molecule has 0 heterocycles. The van der Waals surface area contributed by atoms with Crippen LogP contribution in [-0.2, 0) is 4.79 Å². The van der Waals surface area contributed by atoms with Gasteiger partial charge >= 0.3 is 0 Å². The van der Waals surface area contributed by atoms with Crippen molar-refractivity contribution in [1.29, 1.82) is 0 Å². The van der Waals surface area contributed by atoms with Gasteiger partial charge < -0.3 is 11.1 Å². The first kappa shape index (κ1) is 13.9. The highest BCUT2D eigenvalue weighted by Crippen LogP contribution is 2.28. The molecule has 2 rings (SSSR count). The maximum atomic E-state index is 11.8. The van der Waals surface area contributed by atoms with Crippen molar-refractivity contribution in [3.8, 4) is 0 Å². The lowest BCUT2D eigenvalue weighted by Gasteiger charge is -2.33. The van der Waals surface area contributed by atoms with Crippen LogP contribution in [0.4, 0.5) is 0 Å². The molecule has 0 aromatic rings. The van der Waals surface area contributed by atoms with Crippen LogP contribution in [0.2, 0.25) is 0 Å². The average Bonchev–Trinajstić information content (AvgIpc) is 2.88. The Morgan fingerprint density at radius 2 is 1.78 bits per heavy atom. The zero-order valence-corrected chi connectivity index (χ0v) is 11.5. The molecule has 3 heteroatoms. The van der Waals surface area contributed by atoms with Crippen LogP contribution in [0.15, 0.2) is 0 Å². The predicted octanol–water partition coefficient (Wildman–Crippen LogP) is 2.73. The molecule has 3 N–H and O–H groups in total. The minimum atomic E-state index is -0.124. The van der Waals surface area contributed by atoms with Crippen LogP contribution < -0.4 is 11.1 Å². The molecule has 0 spiro atoms. The van der Waals surface area contributed by atoms with Crippen molar-refractivity contribution in [2.75, 3.05) is 6.54 Å². The normalized spacial score (nSPS) is 24.1. The smallest absolute Gasteiger partial charge is 0.220 e. The molecule has 0 unspecified atom stereocenters. The Morgan fingerprint density at radius 1 is 1.11 bits per heavy atom. The molecule has 0 aliphatic heterocycles. The molecule has 104 valence electrons. The zero-order valence-electron chi connectivity index (χ0n) is 11.5. The number of nitrogens with one attached hydrogen (secondary N) is 1. The third kappa shape index (κ3) is 4.27. The highest BCUT2D eigenvalue weighted by molar-refractivity contribution is 5.75. The van der Waals surface area contributed by atoms with Crippen molar-refractivity contribution >= 4 is 5.91 Å². The Kier molecular flexibility index (Phi) is 5.04. The largest absolute Gasteiger partial charge is 0.354 e. The molecule has 1 amide bonds. The minimum Gasteiger partial charge on any atom is -0.354 e. The van der Waals surface area contributed by atoms with Gasteiger partial charge in [0.25, 0.3) is 0 Å². The van der Waals surface area contributed by atoms with Gasteiger partial charge in [-0.3, -0.25) is 4.79 Å². The minimum absolute atomic E-state index is 0.124. The standard InChI is InChI=1S/C15H28N2O/c16-15(10-4-1-5-11-15)12-17-14(18)9-8-13-6-2-3-7-13/h13H,1-12,16H2,(H,17,18).